The van der Waals surface area contributed by atoms with Crippen LogP contribution in [0.3, 0.4) is 0 Å². The fourth-order valence-electron chi connectivity index (χ4n) is 3.13. The predicted octanol–water partition coefficient (Wildman–Crippen LogP) is 2.89. The monoisotopic (exact) mass is 435 g/mol. The van der Waals surface area contributed by atoms with Crippen molar-refractivity contribution >= 4 is 45.0 Å². The Morgan fingerprint density at radius 3 is 2.81 bits per heavy atom. The molecule has 11 heteroatoms. The summed E-state index contributed by atoms with van der Waals surface area (Å²) in [4.78, 5) is 17.5. The van der Waals surface area contributed by atoms with Crippen LogP contribution in [0.2, 0.25) is 5.02 Å². The Morgan fingerprint density at radius 1 is 1.52 bits per heavy atom. The molecule has 0 saturated carbocycles. The highest BCUT2D eigenvalue weighted by atomic mass is 35.5. The lowest BCUT2D eigenvalue weighted by Gasteiger charge is -2.45. The van der Waals surface area contributed by atoms with Gasteiger partial charge in [0.15, 0.2) is 0 Å². The molecule has 1 fully saturated rings. The summed E-state index contributed by atoms with van der Waals surface area (Å²) in [6.07, 6.45) is 0.267. The molecule has 0 aliphatic carbocycles. The second kappa shape index (κ2) is 6.91. The lowest BCUT2D eigenvalue weighted by atomic mass is 9.91. The summed E-state index contributed by atoms with van der Waals surface area (Å²) in [6, 6.07) is 1.70. The van der Waals surface area contributed by atoms with Gasteiger partial charge in [0.1, 0.15) is 11.1 Å². The number of alkyl carbamates (subject to hydrolysis) is 1. The summed E-state index contributed by atoms with van der Waals surface area (Å²) in [7, 11) is -2.62. The van der Waals surface area contributed by atoms with Crippen LogP contribution in [0.25, 0.3) is 0 Å². The number of sulfonamides is 1. The summed E-state index contributed by atoms with van der Waals surface area (Å²) in [5.41, 5.74) is -3.15. The van der Waals surface area contributed by atoms with Crippen molar-refractivity contribution in [2.75, 3.05) is 13.7 Å². The number of fused-ring (bicyclic) bond motifs is 1. The molecule has 0 radical (unpaired) electrons. The maximum atomic E-state index is 13.1. The van der Waals surface area contributed by atoms with E-state index in [9.17, 15) is 13.2 Å². The highest BCUT2D eigenvalue weighted by Gasteiger charge is 2.57. The molecule has 3 rings (SSSR count). The number of halogens is 1. The second-order valence-corrected chi connectivity index (χ2v) is 10.7. The van der Waals surface area contributed by atoms with Crippen molar-refractivity contribution in [3.05, 3.63) is 21.3 Å². The van der Waals surface area contributed by atoms with Crippen LogP contribution in [-0.4, -0.2) is 49.5 Å². The van der Waals surface area contributed by atoms with Gasteiger partial charge < -0.3 is 9.47 Å². The molecule has 2 aliphatic rings. The smallest absolute Gasteiger partial charge is 0.414 e. The first-order valence-corrected chi connectivity index (χ1v) is 11.2. The van der Waals surface area contributed by atoms with Gasteiger partial charge in [-0.3, -0.25) is 5.32 Å². The van der Waals surface area contributed by atoms with Gasteiger partial charge in [-0.25, -0.2) is 22.5 Å². The average molecular weight is 436 g/mol. The third kappa shape index (κ3) is 3.67. The Hall–Kier alpha value is -1.36. The molecular formula is C16H22ClN3O5S2. The average Bonchev–Trinajstić information content (AvgIpc) is 2.97. The molecule has 150 valence electrons. The number of hydrogen-bond donors (Lipinski definition) is 1. The van der Waals surface area contributed by atoms with Crippen molar-refractivity contribution in [3.63, 3.8) is 0 Å². The van der Waals surface area contributed by atoms with Crippen LogP contribution in [0.15, 0.2) is 16.4 Å². The van der Waals surface area contributed by atoms with Crippen LogP contribution in [0.1, 0.15) is 38.5 Å². The van der Waals surface area contributed by atoms with E-state index >= 15 is 0 Å². The highest BCUT2D eigenvalue weighted by molar-refractivity contribution is 7.90. The minimum Gasteiger partial charge on any atom is -0.444 e. The van der Waals surface area contributed by atoms with E-state index in [1.54, 1.807) is 32.2 Å². The van der Waals surface area contributed by atoms with Crippen LogP contribution in [0.5, 0.6) is 0 Å². The number of amides is 1. The maximum Gasteiger partial charge on any atom is 0.414 e. The molecule has 1 amide bonds. The molecule has 1 aromatic heterocycles. The van der Waals surface area contributed by atoms with Gasteiger partial charge in [0.25, 0.3) is 10.0 Å². The van der Waals surface area contributed by atoms with Crippen molar-refractivity contribution in [2.24, 2.45) is 4.99 Å². The quantitative estimate of drug-likeness (QED) is 0.731. The normalized spacial score (nSPS) is 27.5. The lowest BCUT2D eigenvalue weighted by molar-refractivity contribution is 0.00288. The number of nitrogens with one attached hydrogen (secondary N) is 1. The van der Waals surface area contributed by atoms with Crippen molar-refractivity contribution in [1.29, 1.82) is 0 Å². The van der Waals surface area contributed by atoms with Gasteiger partial charge in [0.05, 0.1) is 9.90 Å². The van der Waals surface area contributed by atoms with Crippen molar-refractivity contribution in [2.45, 2.75) is 50.2 Å². The number of carbonyl (C=O) groups is 1. The molecule has 1 aromatic rings. The zero-order chi connectivity index (χ0) is 20.0. The number of guanidine groups is 1. The lowest BCUT2D eigenvalue weighted by Crippen LogP contribution is -2.61. The summed E-state index contributed by atoms with van der Waals surface area (Å²) in [5.74, 6) is -0.115. The Morgan fingerprint density at radius 2 is 2.22 bits per heavy atom. The Labute approximate surface area is 167 Å². The first kappa shape index (κ1) is 20.4. The molecular weight excluding hydrogens is 414 g/mol. The van der Waals surface area contributed by atoms with E-state index in [4.69, 9.17) is 21.1 Å². The number of rotatable bonds is 1. The standard InChI is InChI=1S/C16H22ClN3O5S2/c1-15(2,3)25-14(21)18-13-19-16(11-10(17)6-9-26-11)7-5-8-24-12(16)27(22,23)20(13)4/h6,9,12H,5,7-8H2,1-4H3,(H,18,19,21). The summed E-state index contributed by atoms with van der Waals surface area (Å²) in [6.45, 7) is 5.46. The third-order valence-electron chi connectivity index (χ3n) is 4.24. The van der Waals surface area contributed by atoms with E-state index < -0.39 is 32.7 Å². The predicted molar refractivity (Wildman–Crippen MR) is 103 cm³/mol. The topological polar surface area (TPSA) is 97.3 Å². The third-order valence-corrected chi connectivity index (χ3v) is 7.75. The van der Waals surface area contributed by atoms with Gasteiger partial charge in [-0.2, -0.15) is 0 Å². The second-order valence-electron chi connectivity index (χ2n) is 7.40. The molecule has 1 N–H and O–H groups in total. The van der Waals surface area contributed by atoms with Crippen LogP contribution >= 0.6 is 22.9 Å². The summed E-state index contributed by atoms with van der Waals surface area (Å²) < 4.78 is 38.1. The van der Waals surface area contributed by atoms with Gasteiger partial charge in [-0.1, -0.05) is 11.6 Å². The van der Waals surface area contributed by atoms with E-state index in [-0.39, 0.29) is 5.96 Å². The van der Waals surface area contributed by atoms with E-state index in [1.807, 2.05) is 0 Å². The van der Waals surface area contributed by atoms with E-state index in [1.165, 1.54) is 18.4 Å². The maximum absolute atomic E-state index is 13.1. The summed E-state index contributed by atoms with van der Waals surface area (Å²) in [5, 5.41) is 4.67. The number of hydrogen-bond acceptors (Lipinski definition) is 7. The molecule has 3 heterocycles. The number of nitrogens with zero attached hydrogens (tertiary/aromatic N) is 2. The van der Waals surface area contributed by atoms with Gasteiger partial charge in [0.2, 0.25) is 11.4 Å². The van der Waals surface area contributed by atoms with E-state index in [0.717, 1.165) is 4.31 Å². The number of carbonyl (C=O) groups excluding carboxylic acids is 1. The van der Waals surface area contributed by atoms with Gasteiger partial charge >= 0.3 is 6.09 Å². The molecule has 0 spiro atoms. The first-order valence-electron chi connectivity index (χ1n) is 8.40. The Kier molecular flexibility index (Phi) is 5.21. The molecule has 27 heavy (non-hydrogen) atoms. The summed E-state index contributed by atoms with van der Waals surface area (Å²) >= 11 is 7.64. The minimum atomic E-state index is -3.94. The van der Waals surface area contributed by atoms with Crippen LogP contribution < -0.4 is 5.32 Å². The zero-order valence-corrected chi connectivity index (χ0v) is 17.9. The molecule has 1 saturated heterocycles. The highest BCUT2D eigenvalue weighted by Crippen LogP contribution is 2.49. The van der Waals surface area contributed by atoms with E-state index in [2.05, 4.69) is 10.3 Å². The molecule has 0 bridgehead atoms. The van der Waals surface area contributed by atoms with Crippen LogP contribution in [0, 0.1) is 0 Å². The van der Waals surface area contributed by atoms with Crippen LogP contribution in [-0.2, 0) is 25.0 Å². The molecule has 8 nitrogen and oxygen atoms in total. The van der Waals surface area contributed by atoms with Crippen molar-refractivity contribution in [3.8, 4) is 0 Å². The van der Waals surface area contributed by atoms with E-state index in [0.29, 0.717) is 29.3 Å². The minimum absolute atomic E-state index is 0.115. The van der Waals surface area contributed by atoms with Crippen LogP contribution in [0.4, 0.5) is 4.79 Å². The zero-order valence-electron chi connectivity index (χ0n) is 15.5. The number of thiophene rings is 1. The number of aliphatic imine (C=N–C) groups is 1. The Balaban J connectivity index is 2.09. The number of ether oxygens (including phenoxy) is 2. The molecule has 2 aliphatic heterocycles. The van der Waals surface area contributed by atoms with Crippen molar-refractivity contribution < 1.29 is 22.7 Å². The SMILES string of the molecule is CN1C(NC(=O)OC(C)(C)C)=NC2(c3sccc3Cl)CCCOC2S1(=O)=O. The van der Waals surface area contributed by atoms with Crippen molar-refractivity contribution in [1.82, 2.24) is 9.62 Å². The molecule has 0 aromatic carbocycles. The van der Waals surface area contributed by atoms with Gasteiger partial charge in [-0.05, 0) is 45.1 Å². The molecule has 2 atom stereocenters. The fraction of sp³-hybridized carbons (Fsp3) is 0.625. The molecule has 2 unspecified atom stereocenters. The fourth-order valence-corrected chi connectivity index (χ4v) is 6.28. The van der Waals surface area contributed by atoms with Gasteiger partial charge in [-0.15, -0.1) is 11.3 Å². The first-order chi connectivity index (χ1) is 12.5. The Bertz CT molecular complexity index is 877. The van der Waals surface area contributed by atoms with Gasteiger partial charge in [0, 0.05) is 13.7 Å². The largest absolute Gasteiger partial charge is 0.444 e.